The second-order valence-electron chi connectivity index (χ2n) is 5.05. The molecule has 118 valence electrons. The molecule has 0 radical (unpaired) electrons. The molecular weight excluding hydrogens is 308 g/mol. The van der Waals surface area contributed by atoms with Crippen molar-refractivity contribution in [2.45, 2.75) is 26.7 Å². The van der Waals surface area contributed by atoms with Gasteiger partial charge in [-0.2, -0.15) is 4.98 Å². The lowest BCUT2D eigenvalue weighted by Gasteiger charge is -1.99. The summed E-state index contributed by atoms with van der Waals surface area (Å²) in [5, 5.41) is 0.578. The van der Waals surface area contributed by atoms with E-state index >= 15 is 0 Å². The van der Waals surface area contributed by atoms with Crippen LogP contribution in [0.1, 0.15) is 32.3 Å². The number of nitrogens with zero attached hydrogens (tertiary/aromatic N) is 1. The second kappa shape index (κ2) is 8.32. The zero-order valence-corrected chi connectivity index (χ0v) is 14.1. The average molecular weight is 327 g/mol. The number of rotatable bonds is 5. The summed E-state index contributed by atoms with van der Waals surface area (Å²) in [6.45, 7) is 4.74. The van der Waals surface area contributed by atoms with Gasteiger partial charge in [0, 0.05) is 11.5 Å². The number of fused-ring (bicyclic) bond motifs is 1. The topological polar surface area (TPSA) is 37.9 Å². The Hall–Kier alpha value is -2.36. The monoisotopic (exact) mass is 326 g/mol. The lowest BCUT2D eigenvalue weighted by Crippen LogP contribution is -1.95. The van der Waals surface area contributed by atoms with E-state index in [0.29, 0.717) is 17.6 Å². The molecule has 0 fully saturated rings. The molecular formula is C19H19ClN2O. The third-order valence-corrected chi connectivity index (χ3v) is 3.56. The average Bonchev–Trinajstić information content (AvgIpc) is 2.94. The van der Waals surface area contributed by atoms with Gasteiger partial charge >= 0.3 is 0 Å². The first-order valence-electron chi connectivity index (χ1n) is 7.64. The summed E-state index contributed by atoms with van der Waals surface area (Å²) >= 11 is 6.30. The van der Waals surface area contributed by atoms with Gasteiger partial charge in [0.1, 0.15) is 0 Å². The fourth-order valence-corrected chi connectivity index (χ4v) is 2.20. The molecule has 1 atom stereocenters. The van der Waals surface area contributed by atoms with E-state index in [0.717, 1.165) is 29.4 Å². The highest BCUT2D eigenvalue weighted by Crippen LogP contribution is 2.24. The van der Waals surface area contributed by atoms with Gasteiger partial charge in [0.05, 0.1) is 22.7 Å². The summed E-state index contributed by atoms with van der Waals surface area (Å²) in [5.41, 5.74) is 2.39. The van der Waals surface area contributed by atoms with Gasteiger partial charge in [-0.3, -0.25) is 0 Å². The number of aromatic amines is 1. The Morgan fingerprint density at radius 3 is 2.96 bits per heavy atom. The minimum absolute atomic E-state index is 0.114. The van der Waals surface area contributed by atoms with E-state index in [-0.39, 0.29) is 5.92 Å². The van der Waals surface area contributed by atoms with E-state index in [4.69, 9.17) is 22.8 Å². The maximum Gasteiger partial charge on any atom is 0.294 e. The first kappa shape index (κ1) is 17.0. The number of imidazole rings is 1. The molecule has 0 aliphatic heterocycles. The lowest BCUT2D eigenvalue weighted by molar-refractivity contribution is 0.296. The number of hydrogen-bond acceptors (Lipinski definition) is 2. The third-order valence-electron chi connectivity index (χ3n) is 3.25. The normalized spacial score (nSPS) is 11.9. The molecule has 3 nitrogen and oxygen atoms in total. The molecule has 1 aromatic carbocycles. The molecule has 4 heteroatoms. The fraction of sp³-hybridized carbons (Fsp3) is 0.316. The van der Waals surface area contributed by atoms with Crippen molar-refractivity contribution < 1.29 is 4.74 Å². The number of halogens is 1. The number of allylic oxidation sites excluding steroid dienone is 2. The minimum Gasteiger partial charge on any atom is -0.465 e. The molecule has 0 aliphatic rings. The van der Waals surface area contributed by atoms with Crippen molar-refractivity contribution in [3.8, 4) is 30.2 Å². The molecule has 2 aromatic rings. The number of benzene rings is 1. The number of hydrogen-bond donors (Lipinski definition) is 1. The molecule has 0 aliphatic carbocycles. The van der Waals surface area contributed by atoms with Crippen molar-refractivity contribution in [1.29, 1.82) is 0 Å². The molecule has 1 aromatic heterocycles. The van der Waals surface area contributed by atoms with E-state index in [2.05, 4.69) is 34.7 Å². The maximum absolute atomic E-state index is 6.30. The summed E-state index contributed by atoms with van der Waals surface area (Å²) in [5.74, 6) is 8.91. The van der Waals surface area contributed by atoms with Crippen LogP contribution in [0, 0.1) is 30.1 Å². The fourth-order valence-electron chi connectivity index (χ4n) is 2.00. The Kier molecular flexibility index (Phi) is 6.15. The van der Waals surface area contributed by atoms with Crippen LogP contribution in [0.2, 0.25) is 5.02 Å². The van der Waals surface area contributed by atoms with E-state index in [9.17, 15) is 0 Å². The largest absolute Gasteiger partial charge is 0.465 e. The molecule has 1 N–H and O–H groups in total. The molecule has 2 rings (SSSR count). The van der Waals surface area contributed by atoms with Gasteiger partial charge in [0.2, 0.25) is 0 Å². The summed E-state index contributed by atoms with van der Waals surface area (Å²) in [7, 11) is 0. The van der Waals surface area contributed by atoms with Gasteiger partial charge in [-0.15, -0.1) is 6.42 Å². The highest BCUT2D eigenvalue weighted by molar-refractivity contribution is 6.32. The Morgan fingerprint density at radius 2 is 2.26 bits per heavy atom. The number of aromatic nitrogens is 2. The van der Waals surface area contributed by atoms with Gasteiger partial charge in [-0.25, -0.2) is 0 Å². The molecule has 1 unspecified atom stereocenters. The summed E-state index contributed by atoms with van der Waals surface area (Å²) < 4.78 is 5.51. The van der Waals surface area contributed by atoms with Crippen LogP contribution in [0.3, 0.4) is 0 Å². The quantitative estimate of drug-likeness (QED) is 0.817. The summed E-state index contributed by atoms with van der Waals surface area (Å²) in [4.78, 5) is 7.49. The predicted molar refractivity (Wildman–Crippen MR) is 95.5 cm³/mol. The van der Waals surface area contributed by atoms with E-state index in [1.807, 2.05) is 19.1 Å². The van der Waals surface area contributed by atoms with Crippen LogP contribution in [-0.4, -0.2) is 16.6 Å². The first-order chi connectivity index (χ1) is 11.2. The number of nitrogens with one attached hydrogen (secondary N) is 1. The Morgan fingerprint density at radius 1 is 1.43 bits per heavy atom. The van der Waals surface area contributed by atoms with Crippen LogP contribution in [0.5, 0.6) is 6.01 Å². The van der Waals surface area contributed by atoms with Gasteiger partial charge in [0.25, 0.3) is 6.01 Å². The van der Waals surface area contributed by atoms with Crippen LogP contribution < -0.4 is 4.74 Å². The minimum atomic E-state index is 0.114. The van der Waals surface area contributed by atoms with E-state index < -0.39 is 0 Å². The van der Waals surface area contributed by atoms with Crippen molar-refractivity contribution >= 4 is 22.6 Å². The van der Waals surface area contributed by atoms with E-state index in [1.54, 1.807) is 12.1 Å². The summed E-state index contributed by atoms with van der Waals surface area (Å²) in [6.07, 6.45) is 10.7. The molecule has 0 bridgehead atoms. The first-order valence-corrected chi connectivity index (χ1v) is 8.02. The Labute approximate surface area is 142 Å². The molecule has 1 heterocycles. The van der Waals surface area contributed by atoms with E-state index in [1.165, 1.54) is 0 Å². The van der Waals surface area contributed by atoms with Crippen LogP contribution in [0.15, 0.2) is 24.3 Å². The SMILES string of the molecule is C#CC=CC(C#Cc1cc2[nH]c(OCCC)nc2cc1Cl)CC. The van der Waals surface area contributed by atoms with Gasteiger partial charge < -0.3 is 9.72 Å². The van der Waals surface area contributed by atoms with Crippen LogP contribution in [0.25, 0.3) is 11.0 Å². The maximum atomic E-state index is 6.30. The van der Waals surface area contributed by atoms with Gasteiger partial charge in [-0.1, -0.05) is 49.3 Å². The van der Waals surface area contributed by atoms with Crippen molar-refractivity contribution in [2.75, 3.05) is 6.61 Å². The Bertz CT molecular complexity index is 802. The van der Waals surface area contributed by atoms with Crippen molar-refractivity contribution in [1.82, 2.24) is 9.97 Å². The molecule has 0 saturated carbocycles. The summed E-state index contributed by atoms with van der Waals surface area (Å²) in [6, 6.07) is 4.20. The van der Waals surface area contributed by atoms with Crippen LogP contribution >= 0.6 is 11.6 Å². The highest BCUT2D eigenvalue weighted by atomic mass is 35.5. The second-order valence-corrected chi connectivity index (χ2v) is 5.46. The Balaban J connectivity index is 2.29. The standard InChI is InChI=1S/C19H19ClN2O/c1-4-7-8-14(6-3)9-10-15-12-17-18(13-16(15)20)22-19(21-17)23-11-5-2/h1,7-8,12-14H,5-6,11H2,2-3H3,(H,21,22). The lowest BCUT2D eigenvalue weighted by atomic mass is 10.1. The van der Waals surface area contributed by atoms with Gasteiger partial charge in [0.15, 0.2) is 0 Å². The number of H-pyrrole nitrogens is 1. The molecule has 0 spiro atoms. The van der Waals surface area contributed by atoms with Crippen molar-refractivity contribution in [3.05, 3.63) is 34.9 Å². The predicted octanol–water partition coefficient (Wildman–Crippen LogP) is 4.57. The third kappa shape index (κ3) is 4.55. The smallest absolute Gasteiger partial charge is 0.294 e. The molecule has 0 saturated heterocycles. The molecule has 23 heavy (non-hydrogen) atoms. The number of terminal acetylenes is 1. The zero-order chi connectivity index (χ0) is 16.7. The van der Waals surface area contributed by atoms with Crippen molar-refractivity contribution in [3.63, 3.8) is 0 Å². The zero-order valence-electron chi connectivity index (χ0n) is 13.3. The van der Waals surface area contributed by atoms with Gasteiger partial charge in [-0.05, 0) is 31.1 Å². The number of ether oxygens (including phenoxy) is 1. The van der Waals surface area contributed by atoms with Crippen LogP contribution in [0.4, 0.5) is 0 Å². The van der Waals surface area contributed by atoms with Crippen LogP contribution in [-0.2, 0) is 0 Å². The van der Waals surface area contributed by atoms with Crippen molar-refractivity contribution in [2.24, 2.45) is 5.92 Å². The molecule has 0 amide bonds. The highest BCUT2D eigenvalue weighted by Gasteiger charge is 2.07.